The highest BCUT2D eigenvalue weighted by molar-refractivity contribution is 6.57. The van der Waals surface area contributed by atoms with Crippen LogP contribution in [0, 0.1) is 0 Å². The maximum absolute atomic E-state index is 12.0. The topological polar surface area (TPSA) is 735 Å². The highest BCUT2D eigenvalue weighted by Gasteiger charge is 2.23. The van der Waals surface area contributed by atoms with Gasteiger partial charge in [0.05, 0.1) is 110 Å². The van der Waals surface area contributed by atoms with Gasteiger partial charge in [-0.05, 0) is 53.7 Å². The van der Waals surface area contributed by atoms with E-state index in [-0.39, 0.29) is 198 Å². The lowest BCUT2D eigenvalue weighted by Crippen LogP contribution is -2.36. The van der Waals surface area contributed by atoms with Crippen molar-refractivity contribution in [2.45, 2.75) is 18.3 Å². The van der Waals surface area contributed by atoms with Crippen LogP contribution in [0.25, 0.3) is 11.0 Å². The van der Waals surface area contributed by atoms with Gasteiger partial charge in [-0.2, -0.15) is 0 Å². The Kier molecular flexibility index (Phi) is 73.0. The number of carbonyl (C=O) groups is 17. The van der Waals surface area contributed by atoms with E-state index in [1.807, 2.05) is 0 Å². The number of hydrogen-bond acceptors (Lipinski definition) is 45. The lowest BCUT2D eigenvalue weighted by Gasteiger charge is -2.18. The summed E-state index contributed by atoms with van der Waals surface area (Å²) in [6.45, 7) is 0.281. The fraction of sp³-hybridized carbons (Fsp3) is 0.518. The van der Waals surface area contributed by atoms with Gasteiger partial charge in [0.25, 0.3) is 0 Å². The van der Waals surface area contributed by atoms with E-state index in [0.29, 0.717) is 54.0 Å². The van der Waals surface area contributed by atoms with Gasteiger partial charge in [0, 0.05) is 78.5 Å². The fourth-order valence-corrected chi connectivity index (χ4v) is 9.39. The number of nitrogens with two attached hydrogens (primary N) is 2. The van der Waals surface area contributed by atoms with Crippen LogP contribution in [0.3, 0.4) is 0 Å². The Morgan fingerprint density at radius 2 is 0.562 bits per heavy atom. The zero-order chi connectivity index (χ0) is 105. The summed E-state index contributed by atoms with van der Waals surface area (Å²) < 4.78 is 115. The number of nitrogens with zero attached hydrogens (tertiary/aromatic N) is 3. The van der Waals surface area contributed by atoms with Gasteiger partial charge in [-0.15, -0.1) is 5.10 Å². The van der Waals surface area contributed by atoms with Crippen LogP contribution in [0.2, 0.25) is 0 Å². The van der Waals surface area contributed by atoms with Crippen LogP contribution in [0.1, 0.15) is 31.1 Å². The molecule has 5 aromatic rings. The molecule has 0 fully saturated rings. The van der Waals surface area contributed by atoms with E-state index >= 15 is 0 Å². The van der Waals surface area contributed by atoms with Gasteiger partial charge in [0.15, 0.2) is 27.3 Å². The molecule has 15 N–H and O–H groups in total. The molecular weight excluding hydrogens is 1920 g/mol. The molecule has 0 saturated heterocycles. The number of carboxylic acid groups (broad SMARTS) is 1. The quantitative estimate of drug-likeness (QED) is 0.00707. The molecule has 0 aliphatic heterocycles. The van der Waals surface area contributed by atoms with Crippen molar-refractivity contribution in [3.05, 3.63) is 132 Å². The summed E-state index contributed by atoms with van der Waals surface area (Å²) in [5.41, 5.74) is 12.8. The zero-order valence-corrected chi connectivity index (χ0v) is 79.1. The van der Waals surface area contributed by atoms with Crippen molar-refractivity contribution in [3.8, 4) is 0 Å². The maximum Gasteiger partial charge on any atom is 0.535 e. The zero-order valence-electron chi connectivity index (χ0n) is 79.1. The number of aromatic nitrogens is 3. The largest absolute Gasteiger partial charge is 0.535 e. The van der Waals surface area contributed by atoms with Gasteiger partial charge in [-0.25, -0.2) is 71.9 Å². The van der Waals surface area contributed by atoms with Crippen LogP contribution in [-0.2, 0) is 123 Å². The van der Waals surface area contributed by atoms with Gasteiger partial charge in [-0.1, -0.05) is 71.6 Å². The molecule has 10 amide bonds. The Balaban J connectivity index is 0.000000686. The third-order valence-corrected chi connectivity index (χ3v) is 16.1. The van der Waals surface area contributed by atoms with Crippen LogP contribution >= 0.6 is 0 Å². The molecule has 5 rings (SSSR count). The molecule has 0 atom stereocenters. The van der Waals surface area contributed by atoms with Gasteiger partial charge in [-0.3, -0.25) is 14.4 Å². The predicted octanol–water partition coefficient (Wildman–Crippen LogP) is -1.30. The third kappa shape index (κ3) is 70.7. The van der Waals surface area contributed by atoms with Crippen molar-refractivity contribution in [1.82, 2.24) is 68.3 Å². The summed E-state index contributed by atoms with van der Waals surface area (Å²) in [7, 11) is 12.2. The number of ether oxygens (including phenoxy) is 23. The Morgan fingerprint density at radius 1 is 0.312 bits per heavy atom. The second-order valence-corrected chi connectivity index (χ2v) is 27.1. The minimum absolute atomic E-state index is 0.0337. The molecule has 0 aliphatic carbocycles. The summed E-state index contributed by atoms with van der Waals surface area (Å²) >= 11 is 0. The number of carbonyl (C=O) groups excluding carboxylic acids is 16. The molecule has 1 heterocycles. The van der Waals surface area contributed by atoms with Crippen LogP contribution < -0.4 is 69.5 Å². The third-order valence-electron chi connectivity index (χ3n) is 16.1. The number of methoxy groups -OCH3 is 2. The molecule has 1 aromatic heterocycles. The molecule has 57 nitrogen and oxygen atoms in total. The first-order valence-corrected chi connectivity index (χ1v) is 43.9. The van der Waals surface area contributed by atoms with Crippen LogP contribution in [-0.4, -0.2) is 428 Å². The average molecular weight is 2050 g/mol. The highest BCUT2D eigenvalue weighted by Crippen LogP contribution is 2.10. The Morgan fingerprint density at radius 3 is 0.840 bits per heavy atom. The second-order valence-electron chi connectivity index (χ2n) is 27.1. The van der Waals surface area contributed by atoms with Crippen molar-refractivity contribution in [2.75, 3.05) is 271 Å². The fourth-order valence-electron chi connectivity index (χ4n) is 9.39. The minimum Gasteiger partial charge on any atom is -0.480 e. The van der Waals surface area contributed by atoms with Crippen molar-refractivity contribution >= 4 is 129 Å². The minimum atomic E-state index is -1.29. The number of para-hydroxylation sites is 1. The Hall–Kier alpha value is -14.8. The molecule has 0 saturated carbocycles. The first-order valence-electron chi connectivity index (χ1n) is 43.9. The first kappa shape index (κ1) is 125. The van der Waals surface area contributed by atoms with Crippen molar-refractivity contribution in [2.24, 2.45) is 11.5 Å². The van der Waals surface area contributed by atoms with E-state index in [1.165, 1.54) is 14.2 Å². The molecule has 144 heavy (non-hydrogen) atoms. The monoisotopic (exact) mass is 2050 g/mol. The Labute approximate surface area is 827 Å². The lowest BCUT2D eigenvalue weighted by molar-refractivity contribution is -0.150. The molecule has 0 unspecified atom stereocenters. The molecular formula is C85H121B2N15O42. The molecule has 59 heteroatoms. The van der Waals surface area contributed by atoms with Crippen molar-refractivity contribution in [1.29, 1.82) is 0 Å². The first-order chi connectivity index (χ1) is 69.6. The SMILES string of the molecule is COC(=O)COC(COC(=O)NCCOCCN)COC(=O)NCCOCCN.O=C(O)COC(COC(=O)NCCOCCNC(=O)OCCOC(=O)c1ccccc1)COC(=O)NCCOCCNC(=O)OCCOC(=O)c1ccccc1.O=C(OCCOC(=O)c1ccccc1)On1nnc2ccccc21.[B]C(=O)NCCOCCNC(=O)OCC(COC(=O)NCCOCCNC([B])=O)OCC(=O)OC. The van der Waals surface area contributed by atoms with E-state index in [0.717, 1.165) is 4.85 Å². The number of nitrogens with one attached hydrogen (secondary N) is 10. The average Bonchev–Trinajstić information content (AvgIpc) is 1.69. The van der Waals surface area contributed by atoms with Gasteiger partial charge >= 0.3 is 90.7 Å². The summed E-state index contributed by atoms with van der Waals surface area (Å²) in [5.74, 6) is -5.48. The molecule has 0 bridgehead atoms. The van der Waals surface area contributed by atoms with Crippen LogP contribution in [0.5, 0.6) is 0 Å². The number of amides is 10. The molecule has 4 aromatic carbocycles. The Bertz CT molecular complexity index is 4320. The van der Waals surface area contributed by atoms with Crippen LogP contribution in [0.4, 0.5) is 52.7 Å². The van der Waals surface area contributed by atoms with Crippen LogP contribution in [0.15, 0.2) is 115 Å². The number of alkyl carbamates (subject to hydrolysis) is 8. The number of aliphatic carboxylic acids is 1. The summed E-state index contributed by atoms with van der Waals surface area (Å²) in [5, 5.41) is 40.6. The van der Waals surface area contributed by atoms with Gasteiger partial charge in [0.1, 0.15) is 128 Å². The molecule has 0 spiro atoms. The number of carboxylic acids is 1. The maximum atomic E-state index is 12.0. The molecule has 0 aliphatic rings. The number of hydrogen-bond donors (Lipinski definition) is 13. The van der Waals surface area contributed by atoms with Gasteiger partial charge < -0.3 is 179 Å². The van der Waals surface area contributed by atoms with E-state index in [4.69, 9.17) is 137 Å². The van der Waals surface area contributed by atoms with Crippen molar-refractivity contribution < 1.29 is 200 Å². The van der Waals surface area contributed by atoms with E-state index < -0.39 is 154 Å². The van der Waals surface area contributed by atoms with E-state index in [1.54, 1.807) is 115 Å². The van der Waals surface area contributed by atoms with Gasteiger partial charge in [0.2, 0.25) is 0 Å². The number of rotatable bonds is 68. The normalized spacial score (nSPS) is 10.4. The predicted molar refractivity (Wildman–Crippen MR) is 493 cm³/mol. The smallest absolute Gasteiger partial charge is 0.480 e. The summed E-state index contributed by atoms with van der Waals surface area (Å²) in [6, 6.07) is 32.2. The number of fused-ring (bicyclic) bond motifs is 1. The number of benzene rings is 4. The molecule has 794 valence electrons. The standard InChI is InChI=1S/C35H46N4O17.C18H30B2N4O11.C16H32N4O9.C16H13N3O5/c40-29(41)25-54-28(23-55-34(46)38-13-17-48-15-11-36-32(44)52-21-19-50-30(42)26-7-3-1-4-8-26)24-56-35(47)39-14-18-49-16-12-37-33(45)53-22-20-51-31(43)27-9-5-2-6-10-27;1-30-14(25)12-33-13(10-34-17(28)23-4-8-31-6-2-21-15(19)26)11-35-18(29)24-5-9-32-7-3-22-16(20)27;1-24-14(21)12-27-13(10-28-15(22)19-4-8-25-6-2-17)11-29-16(23)20-5-9-26-7-3-18;20-15(12-6-2-1-3-7-12)22-10-11-23-16(21)24-19-14-9-5-4-8-13(14)17-18-19/h1-10,28H,11-25H2,(H,36,44)(H,37,45)(H,38,46)(H,39,47)(H,40,41);13H,2-12H2,1H3,(H,21,26)(H,22,27)(H,23,28)(H,24,29);13H,2-12,17-18H2,1H3,(H,19,22)(H,20,23);1-9H,10-11H2. The van der Waals surface area contributed by atoms with E-state index in [9.17, 15) is 81.5 Å². The summed E-state index contributed by atoms with van der Waals surface area (Å²) in [4.78, 5) is 201. The lowest BCUT2D eigenvalue weighted by atomic mass is 10.1. The second kappa shape index (κ2) is 83.9. The number of esters is 5. The molecule has 4 radical (unpaired) electrons. The summed E-state index contributed by atoms with van der Waals surface area (Å²) in [6.07, 6.45) is -10.1. The van der Waals surface area contributed by atoms with Crippen molar-refractivity contribution in [3.63, 3.8) is 0 Å². The van der Waals surface area contributed by atoms with E-state index in [2.05, 4.69) is 73.0 Å². The highest BCUT2D eigenvalue weighted by atomic mass is 16.8.